The molecule has 2 N–H and O–H groups in total. The zero-order valence-corrected chi connectivity index (χ0v) is 28.8. The maximum absolute atomic E-state index is 12.1. The average molecular weight is 641 g/mol. The van der Waals surface area contributed by atoms with Crippen molar-refractivity contribution in [2.24, 2.45) is 22.7 Å². The molecule has 244 valence electrons. The highest BCUT2D eigenvalue weighted by Gasteiger charge is 2.21. The van der Waals surface area contributed by atoms with Crippen LogP contribution in [0, 0.1) is 22.7 Å². The van der Waals surface area contributed by atoms with Crippen LogP contribution in [0.15, 0.2) is 46.2 Å². The Morgan fingerprint density at radius 1 is 0.651 bits per heavy atom. The summed E-state index contributed by atoms with van der Waals surface area (Å²) in [5.74, 6) is 1.00. The Morgan fingerprint density at radius 3 is 1.30 bits per heavy atom. The Hall–Kier alpha value is -2.14. The third-order valence-corrected chi connectivity index (χ3v) is 8.90. The van der Waals surface area contributed by atoms with Gasteiger partial charge in [-0.2, -0.15) is 16.8 Å². The van der Waals surface area contributed by atoms with Crippen LogP contribution in [0.2, 0.25) is 0 Å². The van der Waals surface area contributed by atoms with Gasteiger partial charge in [-0.15, -0.1) is 0 Å². The Morgan fingerprint density at radius 2 is 1.00 bits per heavy atom. The highest BCUT2D eigenvalue weighted by Crippen LogP contribution is 2.31. The minimum atomic E-state index is -4.51. The lowest BCUT2D eigenvalue weighted by Gasteiger charge is -2.23. The average Bonchev–Trinajstić information content (AvgIpc) is 2.83. The van der Waals surface area contributed by atoms with Crippen molar-refractivity contribution in [1.29, 1.82) is 0 Å². The van der Waals surface area contributed by atoms with Gasteiger partial charge in [-0.25, -0.2) is 0 Å². The van der Waals surface area contributed by atoms with E-state index in [9.17, 15) is 25.9 Å². The van der Waals surface area contributed by atoms with E-state index in [1.807, 2.05) is 0 Å². The normalized spacial score (nSPS) is 14.4. The minimum Gasteiger partial charge on any atom is -0.492 e. The molecular formula is C33H52O8S2. The van der Waals surface area contributed by atoms with Gasteiger partial charge in [0.1, 0.15) is 21.3 Å². The van der Waals surface area contributed by atoms with Crippen LogP contribution in [0.5, 0.6) is 11.5 Å². The summed E-state index contributed by atoms with van der Waals surface area (Å²) in [6.45, 7) is 17.6. The number of rotatable bonds is 16. The highest BCUT2D eigenvalue weighted by molar-refractivity contribution is 7.86. The van der Waals surface area contributed by atoms with Crippen molar-refractivity contribution in [3.8, 4) is 11.5 Å². The van der Waals surface area contributed by atoms with Crippen molar-refractivity contribution >= 4 is 20.2 Å². The molecule has 0 aliphatic rings. The van der Waals surface area contributed by atoms with Gasteiger partial charge in [-0.3, -0.25) is 9.11 Å². The molecule has 2 aromatic rings. The van der Waals surface area contributed by atoms with Crippen LogP contribution in [-0.2, 0) is 33.1 Å². The van der Waals surface area contributed by atoms with Gasteiger partial charge in [0.2, 0.25) is 0 Å². The van der Waals surface area contributed by atoms with E-state index < -0.39 is 20.2 Å². The van der Waals surface area contributed by atoms with Crippen LogP contribution in [-0.4, -0.2) is 39.2 Å². The molecule has 0 heterocycles. The first-order valence-corrected chi connectivity index (χ1v) is 18.0. The Bertz CT molecular complexity index is 1290. The Labute approximate surface area is 260 Å². The predicted octanol–water partition coefficient (Wildman–Crippen LogP) is 8.04. The second-order valence-corrected chi connectivity index (χ2v) is 17.2. The molecule has 2 rings (SSSR count). The minimum absolute atomic E-state index is 0.0395. The second kappa shape index (κ2) is 15.2. The van der Waals surface area contributed by atoms with E-state index in [1.54, 1.807) is 24.3 Å². The lowest BCUT2D eigenvalue weighted by molar-refractivity contribution is 0.240. The highest BCUT2D eigenvalue weighted by atomic mass is 32.2. The number of ether oxygens (including phenoxy) is 2. The van der Waals surface area contributed by atoms with E-state index in [1.165, 1.54) is 12.1 Å². The van der Waals surface area contributed by atoms with Crippen LogP contribution >= 0.6 is 0 Å². The van der Waals surface area contributed by atoms with E-state index in [2.05, 4.69) is 55.4 Å². The largest absolute Gasteiger partial charge is 0.492 e. The third-order valence-electron chi connectivity index (χ3n) is 7.15. The molecule has 0 aliphatic carbocycles. The lowest BCUT2D eigenvalue weighted by atomic mass is 9.83. The molecule has 0 fully saturated rings. The molecule has 0 spiro atoms. The van der Waals surface area contributed by atoms with Crippen LogP contribution in [0.1, 0.15) is 98.6 Å². The van der Waals surface area contributed by atoms with Crippen LogP contribution in [0.4, 0.5) is 0 Å². The fourth-order valence-electron chi connectivity index (χ4n) is 5.60. The zero-order chi connectivity index (χ0) is 32.6. The molecule has 0 bridgehead atoms. The van der Waals surface area contributed by atoms with Crippen molar-refractivity contribution in [2.45, 2.75) is 110 Å². The lowest BCUT2D eigenvalue weighted by Crippen LogP contribution is -2.12. The summed E-state index contributed by atoms with van der Waals surface area (Å²) in [5, 5.41) is 0. The maximum atomic E-state index is 12.1. The van der Waals surface area contributed by atoms with Crippen LogP contribution < -0.4 is 9.47 Å². The van der Waals surface area contributed by atoms with E-state index in [0.29, 0.717) is 31.1 Å². The number of hydrogen-bond donors (Lipinski definition) is 2. The van der Waals surface area contributed by atoms with Crippen LogP contribution in [0.3, 0.4) is 0 Å². The van der Waals surface area contributed by atoms with Gasteiger partial charge in [0.15, 0.2) is 0 Å². The molecule has 10 heteroatoms. The zero-order valence-electron chi connectivity index (χ0n) is 27.1. The quantitative estimate of drug-likeness (QED) is 0.139. The number of aryl methyl sites for hydroxylation is 2. The van der Waals surface area contributed by atoms with E-state index in [0.717, 1.165) is 36.8 Å². The molecule has 0 aliphatic heterocycles. The number of benzene rings is 2. The van der Waals surface area contributed by atoms with Crippen molar-refractivity contribution in [2.75, 3.05) is 13.2 Å². The fourth-order valence-corrected chi connectivity index (χ4v) is 6.96. The molecule has 0 aromatic heterocycles. The van der Waals surface area contributed by atoms with Gasteiger partial charge in [0.25, 0.3) is 20.2 Å². The van der Waals surface area contributed by atoms with Gasteiger partial charge in [0, 0.05) is 6.42 Å². The molecular weight excluding hydrogens is 588 g/mol. The van der Waals surface area contributed by atoms with Crippen molar-refractivity contribution in [3.05, 3.63) is 47.5 Å². The molecule has 43 heavy (non-hydrogen) atoms. The van der Waals surface area contributed by atoms with E-state index in [4.69, 9.17) is 9.47 Å². The summed E-state index contributed by atoms with van der Waals surface area (Å²) in [7, 11) is -9.01. The Balaban J connectivity index is 1.99. The summed E-state index contributed by atoms with van der Waals surface area (Å²) < 4.78 is 79.3. The first-order chi connectivity index (χ1) is 19.6. The van der Waals surface area contributed by atoms with E-state index >= 15 is 0 Å². The molecule has 2 aromatic carbocycles. The molecule has 8 nitrogen and oxygen atoms in total. The summed E-state index contributed by atoms with van der Waals surface area (Å²) in [6.07, 6.45) is 5.54. The van der Waals surface area contributed by atoms with Crippen molar-refractivity contribution < 1.29 is 35.4 Å². The van der Waals surface area contributed by atoms with Crippen LogP contribution in [0.25, 0.3) is 0 Å². The summed E-state index contributed by atoms with van der Waals surface area (Å²) >= 11 is 0. The molecule has 0 amide bonds. The maximum Gasteiger partial charge on any atom is 0.298 e. The van der Waals surface area contributed by atoms with Crippen molar-refractivity contribution in [1.82, 2.24) is 0 Å². The summed E-state index contributed by atoms with van der Waals surface area (Å²) in [5.41, 5.74) is 2.02. The molecule has 0 saturated heterocycles. The first-order valence-electron chi connectivity index (χ1n) is 15.1. The van der Waals surface area contributed by atoms with Crippen molar-refractivity contribution in [3.63, 3.8) is 0 Å². The van der Waals surface area contributed by atoms with Gasteiger partial charge in [0.05, 0.1) is 13.2 Å². The van der Waals surface area contributed by atoms with Gasteiger partial charge < -0.3 is 9.47 Å². The van der Waals surface area contributed by atoms with Gasteiger partial charge in [-0.1, -0.05) is 67.5 Å². The van der Waals surface area contributed by atoms with Gasteiger partial charge >= 0.3 is 0 Å². The topological polar surface area (TPSA) is 127 Å². The van der Waals surface area contributed by atoms with Gasteiger partial charge in [-0.05, 0) is 96.6 Å². The smallest absolute Gasteiger partial charge is 0.298 e. The molecule has 2 atom stereocenters. The number of hydrogen-bond acceptors (Lipinski definition) is 6. The molecule has 2 unspecified atom stereocenters. The second-order valence-electron chi connectivity index (χ2n) is 14.4. The molecule has 0 saturated carbocycles. The standard InChI is InChI=1S/C33H52O8S2/c1-24(22-32(3,4)5)10-12-26-14-16-28(30(20-26)42(34,35)36)40-18-9-19-41-29-17-15-27(21-31(29)43(37,38)39)13-11-25(2)23-33(6,7)8/h14-17,20-21,24-25H,9-13,18-19,22-23H2,1-8H3,(H,34,35,36)(H,37,38,39). The summed E-state index contributed by atoms with van der Waals surface area (Å²) in [4.78, 5) is -0.564. The van der Waals surface area contributed by atoms with E-state index in [-0.39, 0.29) is 45.3 Å². The Kier molecular flexibility index (Phi) is 13.1. The summed E-state index contributed by atoms with van der Waals surface area (Å²) in [6, 6.07) is 9.60. The molecule has 0 radical (unpaired) electrons. The monoisotopic (exact) mass is 640 g/mol. The third kappa shape index (κ3) is 14.0. The predicted molar refractivity (Wildman–Crippen MR) is 171 cm³/mol. The SMILES string of the molecule is CC(CCc1ccc(OCCCOc2ccc(CCC(C)CC(C)(C)C)cc2S(=O)(=O)O)c(S(=O)(=O)O)c1)CC(C)(C)C. The fraction of sp³-hybridized carbons (Fsp3) is 0.636. The first kappa shape index (κ1) is 37.0.